The minimum absolute atomic E-state index is 0. The lowest BCUT2D eigenvalue weighted by molar-refractivity contribution is 0.292. The minimum atomic E-state index is 0. The van der Waals surface area contributed by atoms with Gasteiger partial charge in [0.2, 0.25) is 0 Å². The second kappa shape index (κ2) is 10.2. The first-order chi connectivity index (χ1) is 7.88. The molecule has 4 heteroatoms. The normalized spacial score (nSPS) is 9.53. The average Bonchev–Trinajstić information content (AvgIpc) is 2.34. The van der Waals surface area contributed by atoms with Gasteiger partial charge in [-0.1, -0.05) is 25.5 Å². The van der Waals surface area contributed by atoms with Gasteiger partial charge in [-0.2, -0.15) is 0 Å². The first-order valence-corrected chi connectivity index (χ1v) is 5.85. The van der Waals surface area contributed by atoms with Crippen LogP contribution in [0.15, 0.2) is 24.3 Å². The highest BCUT2D eigenvalue weighted by molar-refractivity contribution is 5.85. The number of hydrogen-bond donors (Lipinski definition) is 1. The standard InChI is InChI=1S/C13H21NO2.ClH/c1-3-4-9-14-10-11-16-13-8-6-5-7-12(13)15-2;/h5-8,14H,3-4,9-11H2,1-2H3;1H. The van der Waals surface area contributed by atoms with Crippen LogP contribution in [0.25, 0.3) is 0 Å². The fraction of sp³-hybridized carbons (Fsp3) is 0.538. The predicted octanol–water partition coefficient (Wildman–Crippen LogP) is 2.89. The molecule has 0 atom stereocenters. The van der Waals surface area contributed by atoms with Crippen molar-refractivity contribution in [1.29, 1.82) is 0 Å². The highest BCUT2D eigenvalue weighted by atomic mass is 35.5. The van der Waals surface area contributed by atoms with Crippen molar-refractivity contribution in [2.75, 3.05) is 26.8 Å². The first kappa shape index (κ1) is 16.1. The van der Waals surface area contributed by atoms with Gasteiger partial charge in [0, 0.05) is 6.54 Å². The number of ether oxygens (including phenoxy) is 2. The van der Waals surface area contributed by atoms with E-state index in [9.17, 15) is 0 Å². The molecule has 0 heterocycles. The molecule has 17 heavy (non-hydrogen) atoms. The summed E-state index contributed by atoms with van der Waals surface area (Å²) in [4.78, 5) is 0. The molecule has 1 aromatic rings. The van der Waals surface area contributed by atoms with Crippen LogP contribution in [0.1, 0.15) is 19.8 Å². The lowest BCUT2D eigenvalue weighted by Gasteiger charge is -2.10. The number of hydrogen-bond acceptors (Lipinski definition) is 3. The Kier molecular flexibility index (Phi) is 9.68. The highest BCUT2D eigenvalue weighted by Crippen LogP contribution is 2.25. The van der Waals surface area contributed by atoms with E-state index in [0.717, 1.165) is 24.6 Å². The lowest BCUT2D eigenvalue weighted by atomic mass is 10.3. The Morgan fingerprint density at radius 2 is 1.82 bits per heavy atom. The zero-order chi connectivity index (χ0) is 11.6. The van der Waals surface area contributed by atoms with Gasteiger partial charge >= 0.3 is 0 Å². The van der Waals surface area contributed by atoms with Crippen LogP contribution in [-0.4, -0.2) is 26.8 Å². The van der Waals surface area contributed by atoms with Gasteiger partial charge in [-0.25, -0.2) is 0 Å². The number of halogens is 1. The largest absolute Gasteiger partial charge is 0.493 e. The van der Waals surface area contributed by atoms with Crippen molar-refractivity contribution in [3.05, 3.63) is 24.3 Å². The molecule has 0 aliphatic rings. The Labute approximate surface area is 110 Å². The zero-order valence-electron chi connectivity index (χ0n) is 10.6. The van der Waals surface area contributed by atoms with Gasteiger partial charge in [0.1, 0.15) is 6.61 Å². The summed E-state index contributed by atoms with van der Waals surface area (Å²) >= 11 is 0. The molecule has 0 aliphatic heterocycles. The third-order valence-electron chi connectivity index (χ3n) is 2.31. The third kappa shape index (κ3) is 6.39. The molecular weight excluding hydrogens is 238 g/mol. The number of para-hydroxylation sites is 2. The summed E-state index contributed by atoms with van der Waals surface area (Å²) in [5.74, 6) is 1.60. The molecule has 1 aromatic carbocycles. The lowest BCUT2D eigenvalue weighted by Crippen LogP contribution is -2.22. The Morgan fingerprint density at radius 3 is 2.47 bits per heavy atom. The van der Waals surface area contributed by atoms with Crippen LogP contribution < -0.4 is 14.8 Å². The summed E-state index contributed by atoms with van der Waals surface area (Å²) in [7, 11) is 1.65. The van der Waals surface area contributed by atoms with Gasteiger partial charge in [-0.3, -0.25) is 0 Å². The molecule has 0 aliphatic carbocycles. The van der Waals surface area contributed by atoms with E-state index in [-0.39, 0.29) is 12.4 Å². The molecule has 1 rings (SSSR count). The molecule has 0 saturated heterocycles. The van der Waals surface area contributed by atoms with Crippen LogP contribution in [-0.2, 0) is 0 Å². The van der Waals surface area contributed by atoms with Crippen LogP contribution in [0.3, 0.4) is 0 Å². The first-order valence-electron chi connectivity index (χ1n) is 5.85. The van der Waals surface area contributed by atoms with E-state index in [0.29, 0.717) is 6.61 Å². The van der Waals surface area contributed by atoms with E-state index >= 15 is 0 Å². The molecule has 0 aromatic heterocycles. The van der Waals surface area contributed by atoms with Crippen molar-refractivity contribution in [2.45, 2.75) is 19.8 Å². The fourth-order valence-corrected chi connectivity index (χ4v) is 1.40. The summed E-state index contributed by atoms with van der Waals surface area (Å²) in [6.45, 7) is 4.79. The number of benzene rings is 1. The Bertz CT molecular complexity index is 295. The molecule has 0 saturated carbocycles. The summed E-state index contributed by atoms with van der Waals surface area (Å²) in [5.41, 5.74) is 0. The SMILES string of the molecule is CCCCNCCOc1ccccc1OC.Cl. The van der Waals surface area contributed by atoms with Gasteiger partial charge in [0.05, 0.1) is 7.11 Å². The van der Waals surface area contributed by atoms with Gasteiger partial charge in [-0.15, -0.1) is 12.4 Å². The molecule has 3 nitrogen and oxygen atoms in total. The summed E-state index contributed by atoms with van der Waals surface area (Å²) in [6, 6.07) is 7.71. The van der Waals surface area contributed by atoms with Gasteiger partial charge < -0.3 is 14.8 Å². The van der Waals surface area contributed by atoms with Crippen molar-refractivity contribution in [3.8, 4) is 11.5 Å². The van der Waals surface area contributed by atoms with Crippen molar-refractivity contribution in [1.82, 2.24) is 5.32 Å². The Hall–Kier alpha value is -0.930. The molecule has 98 valence electrons. The summed E-state index contributed by atoms with van der Waals surface area (Å²) < 4.78 is 10.8. The monoisotopic (exact) mass is 259 g/mol. The summed E-state index contributed by atoms with van der Waals surface area (Å²) in [5, 5.41) is 3.33. The quantitative estimate of drug-likeness (QED) is 0.729. The van der Waals surface area contributed by atoms with Crippen LogP contribution in [0, 0.1) is 0 Å². The van der Waals surface area contributed by atoms with Crippen LogP contribution >= 0.6 is 12.4 Å². The van der Waals surface area contributed by atoms with Gasteiger partial charge in [-0.05, 0) is 25.1 Å². The van der Waals surface area contributed by atoms with Crippen molar-refractivity contribution >= 4 is 12.4 Å². The average molecular weight is 260 g/mol. The molecule has 0 unspecified atom stereocenters. The maximum Gasteiger partial charge on any atom is 0.161 e. The highest BCUT2D eigenvalue weighted by Gasteiger charge is 2.01. The molecule has 1 N–H and O–H groups in total. The van der Waals surface area contributed by atoms with Crippen LogP contribution in [0.4, 0.5) is 0 Å². The third-order valence-corrected chi connectivity index (χ3v) is 2.31. The topological polar surface area (TPSA) is 30.5 Å². The number of rotatable bonds is 8. The van der Waals surface area contributed by atoms with E-state index in [4.69, 9.17) is 9.47 Å². The molecule has 0 bridgehead atoms. The van der Waals surface area contributed by atoms with Crippen molar-refractivity contribution < 1.29 is 9.47 Å². The van der Waals surface area contributed by atoms with E-state index in [2.05, 4.69) is 12.2 Å². The second-order valence-corrected chi connectivity index (χ2v) is 3.60. The number of nitrogens with one attached hydrogen (secondary N) is 1. The number of unbranched alkanes of at least 4 members (excludes halogenated alkanes) is 1. The molecule has 0 fully saturated rings. The van der Waals surface area contributed by atoms with E-state index in [1.54, 1.807) is 7.11 Å². The number of methoxy groups -OCH3 is 1. The zero-order valence-corrected chi connectivity index (χ0v) is 11.4. The predicted molar refractivity (Wildman–Crippen MR) is 73.5 cm³/mol. The van der Waals surface area contributed by atoms with Crippen LogP contribution in [0.2, 0.25) is 0 Å². The summed E-state index contributed by atoms with van der Waals surface area (Å²) in [6.07, 6.45) is 2.44. The minimum Gasteiger partial charge on any atom is -0.493 e. The fourth-order valence-electron chi connectivity index (χ4n) is 1.40. The van der Waals surface area contributed by atoms with Crippen LogP contribution in [0.5, 0.6) is 11.5 Å². The molecule has 0 radical (unpaired) electrons. The van der Waals surface area contributed by atoms with Gasteiger partial charge in [0.25, 0.3) is 0 Å². The van der Waals surface area contributed by atoms with E-state index in [1.807, 2.05) is 24.3 Å². The Balaban J connectivity index is 0.00000256. The van der Waals surface area contributed by atoms with E-state index in [1.165, 1.54) is 12.8 Å². The second-order valence-electron chi connectivity index (χ2n) is 3.60. The van der Waals surface area contributed by atoms with Crippen molar-refractivity contribution in [2.24, 2.45) is 0 Å². The van der Waals surface area contributed by atoms with Crippen molar-refractivity contribution in [3.63, 3.8) is 0 Å². The maximum absolute atomic E-state index is 5.62. The van der Waals surface area contributed by atoms with E-state index < -0.39 is 0 Å². The smallest absolute Gasteiger partial charge is 0.161 e. The Morgan fingerprint density at radius 1 is 1.12 bits per heavy atom. The van der Waals surface area contributed by atoms with Gasteiger partial charge in [0.15, 0.2) is 11.5 Å². The molecule has 0 amide bonds. The maximum atomic E-state index is 5.62. The molecular formula is C13H22ClNO2. The molecule has 0 spiro atoms.